The number of amides is 2. The van der Waals surface area contributed by atoms with Crippen molar-refractivity contribution < 1.29 is 27.5 Å². The summed E-state index contributed by atoms with van der Waals surface area (Å²) in [6, 6.07) is 6.47. The third-order valence-corrected chi connectivity index (χ3v) is 5.72. The van der Waals surface area contributed by atoms with Gasteiger partial charge in [0.05, 0.1) is 24.1 Å². The highest BCUT2D eigenvalue weighted by Gasteiger charge is 2.46. The van der Waals surface area contributed by atoms with Gasteiger partial charge in [-0.2, -0.15) is 13.2 Å². The largest absolute Gasteiger partial charge is 0.417 e. The molecular weight excluding hydrogens is 393 g/mol. The van der Waals surface area contributed by atoms with Crippen LogP contribution in [0.2, 0.25) is 0 Å². The molecule has 1 aliphatic rings. The zero-order chi connectivity index (χ0) is 20.5. The van der Waals surface area contributed by atoms with Crippen LogP contribution in [-0.4, -0.2) is 44.0 Å². The Morgan fingerprint density at radius 3 is 2.68 bits per heavy atom. The van der Waals surface area contributed by atoms with Crippen LogP contribution in [0.3, 0.4) is 0 Å². The van der Waals surface area contributed by atoms with Crippen LogP contribution in [0.25, 0.3) is 0 Å². The summed E-state index contributed by atoms with van der Waals surface area (Å²) in [7, 11) is 2.91. The van der Waals surface area contributed by atoms with E-state index < -0.39 is 35.5 Å². The highest BCUT2D eigenvalue weighted by Crippen LogP contribution is 2.47. The number of alkyl halides is 3. The molecule has 2 aromatic rings. The number of nitrogens with one attached hydrogen (secondary N) is 1. The van der Waals surface area contributed by atoms with Gasteiger partial charge in [0.1, 0.15) is 0 Å². The van der Waals surface area contributed by atoms with E-state index in [9.17, 15) is 22.8 Å². The summed E-state index contributed by atoms with van der Waals surface area (Å²) in [5, 5.41) is 4.03. The van der Waals surface area contributed by atoms with Gasteiger partial charge in [-0.3, -0.25) is 9.59 Å². The second-order valence-corrected chi connectivity index (χ2v) is 7.35. The molecular formula is C19H19F3N2O3S. The van der Waals surface area contributed by atoms with Gasteiger partial charge in [0.15, 0.2) is 0 Å². The lowest BCUT2D eigenvalue weighted by molar-refractivity contribution is -0.139. The van der Waals surface area contributed by atoms with Crippen LogP contribution in [0.5, 0.6) is 0 Å². The van der Waals surface area contributed by atoms with Gasteiger partial charge in [-0.05, 0) is 23.1 Å². The first-order chi connectivity index (χ1) is 13.3. The van der Waals surface area contributed by atoms with E-state index in [0.717, 1.165) is 17.4 Å². The number of rotatable bonds is 5. The van der Waals surface area contributed by atoms with Crippen LogP contribution in [0.1, 0.15) is 38.3 Å². The minimum Gasteiger partial charge on any atom is -0.383 e. The molecule has 0 spiro atoms. The number of halogens is 3. The van der Waals surface area contributed by atoms with Crippen LogP contribution >= 0.6 is 11.3 Å². The fraction of sp³-hybridized carbons (Fsp3) is 0.368. The lowest BCUT2D eigenvalue weighted by Crippen LogP contribution is -2.46. The van der Waals surface area contributed by atoms with Gasteiger partial charge in [-0.25, -0.2) is 0 Å². The number of fused-ring (bicyclic) bond motifs is 1. The minimum atomic E-state index is -4.58. The number of carbonyl (C=O) groups is 2. The lowest BCUT2D eigenvalue weighted by atomic mass is 9.81. The third-order valence-electron chi connectivity index (χ3n) is 4.74. The number of nitrogens with zero attached hydrogens (tertiary/aromatic N) is 1. The van der Waals surface area contributed by atoms with Crippen molar-refractivity contribution in [2.24, 2.45) is 0 Å². The molecule has 1 aromatic carbocycles. The first-order valence-electron chi connectivity index (χ1n) is 8.54. The summed E-state index contributed by atoms with van der Waals surface area (Å²) >= 11 is 0.894. The Labute approximate surface area is 164 Å². The fourth-order valence-electron chi connectivity index (χ4n) is 3.46. The molecule has 1 aromatic heterocycles. The Morgan fingerprint density at radius 1 is 1.29 bits per heavy atom. The van der Waals surface area contributed by atoms with E-state index in [4.69, 9.17) is 4.74 Å². The van der Waals surface area contributed by atoms with Crippen molar-refractivity contribution >= 4 is 23.2 Å². The van der Waals surface area contributed by atoms with Crippen molar-refractivity contribution in [3.63, 3.8) is 0 Å². The predicted molar refractivity (Wildman–Crippen MR) is 98.2 cm³/mol. The normalized spacial score (nSPS) is 19.5. The number of hydrogen-bond donors (Lipinski definition) is 1. The molecule has 2 unspecified atom stereocenters. The smallest absolute Gasteiger partial charge is 0.383 e. The molecule has 2 amide bonds. The average Bonchev–Trinajstić information content (AvgIpc) is 3.14. The molecule has 1 N–H and O–H groups in total. The number of carbonyl (C=O) groups excluding carboxylic acids is 2. The maximum atomic E-state index is 13.5. The molecule has 1 aliphatic heterocycles. The highest BCUT2D eigenvalue weighted by molar-refractivity contribution is 7.10. The van der Waals surface area contributed by atoms with E-state index >= 15 is 0 Å². The van der Waals surface area contributed by atoms with E-state index in [1.807, 2.05) is 0 Å². The Hall–Kier alpha value is -2.39. The van der Waals surface area contributed by atoms with E-state index in [1.54, 1.807) is 24.3 Å². The topological polar surface area (TPSA) is 58.6 Å². The zero-order valence-electron chi connectivity index (χ0n) is 15.2. The number of likely N-dealkylation sites (N-methyl/N-ethyl adjacent to an activating group) is 1. The average molecular weight is 412 g/mol. The van der Waals surface area contributed by atoms with Gasteiger partial charge in [-0.15, -0.1) is 11.3 Å². The van der Waals surface area contributed by atoms with Gasteiger partial charge in [-0.1, -0.05) is 18.2 Å². The van der Waals surface area contributed by atoms with Crippen LogP contribution in [-0.2, 0) is 15.7 Å². The van der Waals surface area contributed by atoms with Crippen LogP contribution < -0.4 is 5.32 Å². The molecule has 2 atom stereocenters. The van der Waals surface area contributed by atoms with Crippen molar-refractivity contribution in [1.29, 1.82) is 0 Å². The van der Waals surface area contributed by atoms with Gasteiger partial charge in [0.25, 0.3) is 5.91 Å². The highest BCUT2D eigenvalue weighted by atomic mass is 32.1. The molecule has 0 bridgehead atoms. The second kappa shape index (κ2) is 7.92. The van der Waals surface area contributed by atoms with E-state index in [-0.39, 0.29) is 18.0 Å². The third kappa shape index (κ3) is 3.64. The quantitative estimate of drug-likeness (QED) is 0.766. The molecule has 5 nitrogen and oxygen atoms in total. The maximum Gasteiger partial charge on any atom is 0.417 e. The number of methoxy groups -OCH3 is 1. The predicted octanol–water partition coefficient (Wildman–Crippen LogP) is 3.44. The van der Waals surface area contributed by atoms with Crippen molar-refractivity contribution in [2.75, 3.05) is 27.3 Å². The van der Waals surface area contributed by atoms with Crippen molar-refractivity contribution in [3.05, 3.63) is 57.3 Å². The Balaban J connectivity index is 2.12. The Kier molecular flexibility index (Phi) is 5.76. The second-order valence-electron chi connectivity index (χ2n) is 6.41. The molecule has 3 rings (SSSR count). The lowest BCUT2D eigenvalue weighted by Gasteiger charge is -2.39. The molecule has 28 heavy (non-hydrogen) atoms. The first kappa shape index (κ1) is 20.3. The molecule has 9 heteroatoms. The summed E-state index contributed by atoms with van der Waals surface area (Å²) in [6.45, 7) is 0.487. The minimum absolute atomic E-state index is 0.0512. The molecule has 150 valence electrons. The summed E-state index contributed by atoms with van der Waals surface area (Å²) < 4.78 is 45.5. The fourth-order valence-corrected chi connectivity index (χ4v) is 4.55. The summed E-state index contributed by atoms with van der Waals surface area (Å²) in [6.07, 6.45) is -4.58. The van der Waals surface area contributed by atoms with Gasteiger partial charge < -0.3 is 15.0 Å². The molecule has 0 saturated heterocycles. The van der Waals surface area contributed by atoms with Crippen LogP contribution in [0.4, 0.5) is 13.2 Å². The number of ether oxygens (including phenoxy) is 1. The monoisotopic (exact) mass is 412 g/mol. The molecule has 0 saturated carbocycles. The Morgan fingerprint density at radius 2 is 2.00 bits per heavy atom. The maximum absolute atomic E-state index is 13.5. The summed E-state index contributed by atoms with van der Waals surface area (Å²) in [4.78, 5) is 27.0. The molecule has 0 fully saturated rings. The van der Waals surface area contributed by atoms with Gasteiger partial charge >= 0.3 is 6.18 Å². The zero-order valence-corrected chi connectivity index (χ0v) is 16.1. The standard InChI is InChI=1S/C19H19F3N2O3S/c1-24-15(16-13(7-10-28-16)19(20,21)22)14(17(25)23-8-9-27-2)11-5-3-4-6-12(11)18(24)26/h3-7,10,14-15H,8-9H2,1-2H3,(H,23,25). The van der Waals surface area contributed by atoms with E-state index in [1.165, 1.54) is 24.4 Å². The molecule has 0 radical (unpaired) electrons. The van der Waals surface area contributed by atoms with Crippen molar-refractivity contribution in [2.45, 2.75) is 18.1 Å². The van der Waals surface area contributed by atoms with Crippen molar-refractivity contribution in [3.8, 4) is 0 Å². The van der Waals surface area contributed by atoms with E-state index in [0.29, 0.717) is 11.1 Å². The summed E-state index contributed by atoms with van der Waals surface area (Å²) in [5.41, 5.74) is -0.0819. The first-order valence-corrected chi connectivity index (χ1v) is 9.42. The molecule has 0 aliphatic carbocycles. The van der Waals surface area contributed by atoms with E-state index in [2.05, 4.69) is 5.32 Å². The number of benzene rings is 1. The number of thiophene rings is 1. The molecule has 2 heterocycles. The summed E-state index contributed by atoms with van der Waals surface area (Å²) in [5.74, 6) is -1.83. The Bertz CT molecular complexity index is 881. The van der Waals surface area contributed by atoms with Crippen LogP contribution in [0, 0.1) is 0 Å². The number of hydrogen-bond acceptors (Lipinski definition) is 4. The van der Waals surface area contributed by atoms with Crippen molar-refractivity contribution in [1.82, 2.24) is 10.2 Å². The van der Waals surface area contributed by atoms with Gasteiger partial charge in [0, 0.05) is 31.1 Å². The van der Waals surface area contributed by atoms with Crippen LogP contribution in [0.15, 0.2) is 35.7 Å². The SMILES string of the molecule is COCCNC(=O)C1c2ccccc2C(=O)N(C)C1c1sccc1C(F)(F)F. The van der Waals surface area contributed by atoms with Gasteiger partial charge in [0.2, 0.25) is 5.91 Å².